The third-order valence-corrected chi connectivity index (χ3v) is 1.66. The summed E-state index contributed by atoms with van der Waals surface area (Å²) in [4.78, 5) is 2.14. The van der Waals surface area contributed by atoms with Crippen LogP contribution in [0.25, 0.3) is 0 Å². The van der Waals surface area contributed by atoms with E-state index in [1.165, 1.54) is 0 Å². The molecule has 0 aliphatic rings. The molecule has 6 heavy (non-hydrogen) atoms. The predicted octanol–water partition coefficient (Wildman–Crippen LogP) is -0.707. The van der Waals surface area contributed by atoms with Crippen LogP contribution in [0.15, 0.2) is 0 Å². The zero-order chi connectivity index (χ0) is 4.99. The Balaban J connectivity index is 2.63. The van der Waals surface area contributed by atoms with Crippen molar-refractivity contribution in [2.75, 3.05) is 20.3 Å². The summed E-state index contributed by atoms with van der Waals surface area (Å²) in [5, 5.41) is 0. The highest BCUT2D eigenvalue weighted by Crippen LogP contribution is 1.63. The summed E-state index contributed by atoms with van der Waals surface area (Å²) in [6, 6.07) is 0. The molecule has 0 saturated heterocycles. The average molecular weight is 114 g/mol. The van der Waals surface area contributed by atoms with Gasteiger partial charge in [0.25, 0.3) is 0 Å². The first-order valence-corrected chi connectivity index (χ1v) is 4.52. The largest absolute Gasteiger partial charge is 0.313 e. The maximum atomic E-state index is 3.38. The Morgan fingerprint density at radius 1 is 1.67 bits per heavy atom. The summed E-state index contributed by atoms with van der Waals surface area (Å²) in [5.41, 5.74) is 0. The standard InChI is InChI=1S/C3H8NSi2/c1-4(2)3-6-5/h3H2,1-2H3. The monoisotopic (exact) mass is 114 g/mol. The van der Waals surface area contributed by atoms with Crippen LogP contribution in [0.3, 0.4) is 0 Å². The molecular formula is C3H8NSi2. The Morgan fingerprint density at radius 3 is 2.17 bits per heavy atom. The minimum Gasteiger partial charge on any atom is -0.313 e. The van der Waals surface area contributed by atoms with E-state index < -0.39 is 0 Å². The molecule has 0 heterocycles. The van der Waals surface area contributed by atoms with Crippen LogP contribution in [0, 0.1) is 0 Å². The van der Waals surface area contributed by atoms with Gasteiger partial charge in [-0.2, -0.15) is 0 Å². The van der Waals surface area contributed by atoms with Gasteiger partial charge in [0.2, 0.25) is 0 Å². The Kier molecular flexibility index (Phi) is 3.81. The van der Waals surface area contributed by atoms with Gasteiger partial charge in [-0.25, -0.2) is 0 Å². The van der Waals surface area contributed by atoms with Gasteiger partial charge in [-0.3, -0.25) is 0 Å². The van der Waals surface area contributed by atoms with Crippen molar-refractivity contribution < 1.29 is 0 Å². The Hall–Kier alpha value is 0.394. The average Bonchev–Trinajstić information content (AvgIpc) is 1.35. The lowest BCUT2D eigenvalue weighted by molar-refractivity contribution is 0.479. The molecule has 0 rings (SSSR count). The lowest BCUT2D eigenvalue weighted by Gasteiger charge is -2.03. The fourth-order valence-corrected chi connectivity index (χ4v) is 1.42. The number of rotatable bonds is 2. The van der Waals surface area contributed by atoms with Gasteiger partial charge in [-0.15, -0.1) is 0 Å². The fourth-order valence-electron chi connectivity index (χ4n) is 0.158. The Labute approximate surface area is 44.8 Å². The van der Waals surface area contributed by atoms with Crippen molar-refractivity contribution in [3.05, 3.63) is 0 Å². The van der Waals surface area contributed by atoms with E-state index in [9.17, 15) is 0 Å². The predicted molar refractivity (Wildman–Crippen MR) is 30.1 cm³/mol. The molecule has 0 aliphatic carbocycles. The van der Waals surface area contributed by atoms with Gasteiger partial charge < -0.3 is 4.90 Å². The second-order valence-corrected chi connectivity index (χ2v) is 3.15. The van der Waals surface area contributed by atoms with E-state index in [-0.39, 0.29) is 0 Å². The molecule has 0 N–H and O–H groups in total. The van der Waals surface area contributed by atoms with E-state index in [0.29, 0.717) is 0 Å². The van der Waals surface area contributed by atoms with E-state index in [0.717, 1.165) is 15.2 Å². The van der Waals surface area contributed by atoms with E-state index in [1.807, 2.05) is 0 Å². The highest BCUT2D eigenvalue weighted by atomic mass is 29.1. The maximum absolute atomic E-state index is 3.38. The van der Waals surface area contributed by atoms with Crippen LogP contribution in [-0.2, 0) is 0 Å². The molecule has 3 heteroatoms. The van der Waals surface area contributed by atoms with Gasteiger partial charge in [0.1, 0.15) is 0 Å². The van der Waals surface area contributed by atoms with Crippen LogP contribution in [0.2, 0.25) is 0 Å². The SMILES string of the molecule is CN(C)C[Si][Si]. The van der Waals surface area contributed by atoms with Gasteiger partial charge in [-0.1, -0.05) is 0 Å². The van der Waals surface area contributed by atoms with Gasteiger partial charge in [0.15, 0.2) is 0 Å². The van der Waals surface area contributed by atoms with Crippen molar-refractivity contribution in [1.82, 2.24) is 4.90 Å². The van der Waals surface area contributed by atoms with Crippen molar-refractivity contribution in [1.29, 1.82) is 0 Å². The normalized spacial score (nSPS) is 10.0. The van der Waals surface area contributed by atoms with Gasteiger partial charge in [-0.05, 0) is 20.3 Å². The van der Waals surface area contributed by atoms with E-state index in [1.54, 1.807) is 0 Å². The summed E-state index contributed by atoms with van der Waals surface area (Å²) < 4.78 is 0. The van der Waals surface area contributed by atoms with Crippen LogP contribution in [0.4, 0.5) is 0 Å². The fraction of sp³-hybridized carbons (Fsp3) is 1.00. The highest BCUT2D eigenvalue weighted by Gasteiger charge is 1.80. The molecule has 0 bridgehead atoms. The molecule has 0 aromatic carbocycles. The van der Waals surface area contributed by atoms with E-state index >= 15 is 0 Å². The second kappa shape index (κ2) is 3.58. The molecule has 0 unspecified atom stereocenters. The summed E-state index contributed by atoms with van der Waals surface area (Å²) >= 11 is 0. The third kappa shape index (κ3) is 4.39. The third-order valence-electron chi connectivity index (χ3n) is 0.395. The number of hydrogen-bond donors (Lipinski definition) is 0. The molecule has 1 nitrogen and oxygen atoms in total. The van der Waals surface area contributed by atoms with Crippen LogP contribution in [0.1, 0.15) is 0 Å². The van der Waals surface area contributed by atoms with E-state index in [4.69, 9.17) is 0 Å². The van der Waals surface area contributed by atoms with E-state index in [2.05, 4.69) is 28.8 Å². The molecule has 0 aliphatic heterocycles. The number of nitrogens with zero attached hydrogens (tertiary/aromatic N) is 1. The molecule has 5 radical (unpaired) electrons. The lowest BCUT2D eigenvalue weighted by Crippen LogP contribution is -2.18. The highest BCUT2D eigenvalue weighted by molar-refractivity contribution is 6.89. The van der Waals surface area contributed by atoms with Crippen molar-refractivity contribution in [2.45, 2.75) is 0 Å². The first-order valence-electron chi connectivity index (χ1n) is 1.81. The minimum absolute atomic E-state index is 0.870. The van der Waals surface area contributed by atoms with Gasteiger partial charge in [0, 0.05) is 18.8 Å². The Morgan fingerprint density at radius 2 is 2.17 bits per heavy atom. The molecule has 33 valence electrons. The summed E-state index contributed by atoms with van der Waals surface area (Å²) in [6.45, 7) is 0. The van der Waals surface area contributed by atoms with Gasteiger partial charge >= 0.3 is 0 Å². The molecule has 0 saturated carbocycles. The molecule has 0 atom stereocenters. The number of hydrogen-bond acceptors (Lipinski definition) is 1. The zero-order valence-electron chi connectivity index (χ0n) is 4.15. The first-order chi connectivity index (χ1) is 2.77. The van der Waals surface area contributed by atoms with Crippen LogP contribution < -0.4 is 0 Å². The first kappa shape index (κ1) is 6.39. The van der Waals surface area contributed by atoms with Gasteiger partial charge in [0.05, 0.1) is 0 Å². The minimum atomic E-state index is 0.870. The molecule has 0 fully saturated rings. The van der Waals surface area contributed by atoms with Crippen molar-refractivity contribution in [3.63, 3.8) is 0 Å². The molecular weight excluding hydrogens is 106 g/mol. The van der Waals surface area contributed by atoms with Crippen molar-refractivity contribution in [2.24, 2.45) is 0 Å². The van der Waals surface area contributed by atoms with Crippen LogP contribution in [0.5, 0.6) is 0 Å². The maximum Gasteiger partial charge on any atom is 0.0373 e. The topological polar surface area (TPSA) is 3.24 Å². The molecule has 0 aromatic rings. The summed E-state index contributed by atoms with van der Waals surface area (Å²) in [7, 11) is 8.37. The molecule has 0 spiro atoms. The zero-order valence-corrected chi connectivity index (χ0v) is 6.15. The van der Waals surface area contributed by atoms with Crippen LogP contribution in [-0.4, -0.2) is 44.0 Å². The summed E-state index contributed by atoms with van der Waals surface area (Å²) in [6.07, 6.45) is 1.15. The van der Waals surface area contributed by atoms with Crippen molar-refractivity contribution >= 4 is 18.8 Å². The summed E-state index contributed by atoms with van der Waals surface area (Å²) in [5.74, 6) is 0. The molecule has 0 amide bonds. The smallest absolute Gasteiger partial charge is 0.0373 e. The van der Waals surface area contributed by atoms with Crippen LogP contribution >= 0.6 is 0 Å². The lowest BCUT2D eigenvalue weighted by atomic mass is 11.0. The quantitative estimate of drug-likeness (QED) is 0.429. The second-order valence-electron chi connectivity index (χ2n) is 1.41. The van der Waals surface area contributed by atoms with Crippen molar-refractivity contribution in [3.8, 4) is 0 Å². The molecule has 0 aromatic heterocycles. The Bertz CT molecular complexity index is 30.0.